The van der Waals surface area contributed by atoms with Crippen LogP contribution in [-0.2, 0) is 0 Å². The minimum Gasteiger partial charge on any atom is -0.507 e. The molecule has 0 aliphatic carbocycles. The number of rotatable bonds is 4. The Morgan fingerprint density at radius 1 is 1.00 bits per heavy atom. The Bertz CT molecular complexity index is 850. The molecule has 0 radical (unpaired) electrons. The molecule has 0 saturated carbocycles. The van der Waals surface area contributed by atoms with E-state index in [9.17, 15) is 19.5 Å². The maximum absolute atomic E-state index is 12.5. The molecular weight excluding hydrogens is 328 g/mol. The molecule has 3 amide bonds. The third kappa shape index (κ3) is 2.63. The van der Waals surface area contributed by atoms with Crippen LogP contribution in [-0.4, -0.2) is 42.1 Å². The molecule has 1 aliphatic rings. The van der Waals surface area contributed by atoms with Crippen LogP contribution in [0.1, 0.15) is 31.1 Å². The normalized spacial score (nSPS) is 12.8. The largest absolute Gasteiger partial charge is 0.507 e. The summed E-state index contributed by atoms with van der Waals surface area (Å²) in [6.07, 6.45) is 0. The van der Waals surface area contributed by atoms with Crippen molar-refractivity contribution in [2.45, 2.75) is 0 Å². The van der Waals surface area contributed by atoms with E-state index in [1.165, 1.54) is 38.5 Å². The van der Waals surface area contributed by atoms with Crippen molar-refractivity contribution in [2.24, 2.45) is 0 Å². The van der Waals surface area contributed by atoms with Gasteiger partial charge in [-0.25, -0.2) is 0 Å². The van der Waals surface area contributed by atoms with Crippen LogP contribution in [0, 0.1) is 0 Å². The lowest BCUT2D eigenvalue weighted by atomic mass is 10.1. The number of hydrogen-bond acceptors (Lipinski definition) is 6. The van der Waals surface area contributed by atoms with Crippen LogP contribution in [0.4, 0.5) is 0 Å². The summed E-state index contributed by atoms with van der Waals surface area (Å²) in [7, 11) is 2.81. The lowest BCUT2D eigenvalue weighted by molar-refractivity contribution is 0.0517. The zero-order valence-corrected chi connectivity index (χ0v) is 13.4. The Kier molecular flexibility index (Phi) is 4.02. The van der Waals surface area contributed by atoms with Gasteiger partial charge in [0, 0.05) is 0 Å². The van der Waals surface area contributed by atoms with Crippen LogP contribution in [0.3, 0.4) is 0 Å². The van der Waals surface area contributed by atoms with Crippen molar-refractivity contribution in [1.82, 2.24) is 10.4 Å². The lowest BCUT2D eigenvalue weighted by Crippen LogP contribution is -2.45. The molecule has 2 aromatic rings. The van der Waals surface area contributed by atoms with Crippen molar-refractivity contribution in [3.05, 3.63) is 53.1 Å². The van der Waals surface area contributed by atoms with E-state index >= 15 is 0 Å². The summed E-state index contributed by atoms with van der Waals surface area (Å²) < 4.78 is 10.2. The fourth-order valence-electron chi connectivity index (χ4n) is 2.49. The number of nitrogens with one attached hydrogen (secondary N) is 1. The lowest BCUT2D eigenvalue weighted by Gasteiger charge is -2.15. The van der Waals surface area contributed by atoms with Gasteiger partial charge in [-0.1, -0.05) is 12.1 Å². The number of hydrazine groups is 1. The van der Waals surface area contributed by atoms with Crippen molar-refractivity contribution in [2.75, 3.05) is 14.2 Å². The number of benzene rings is 2. The van der Waals surface area contributed by atoms with Gasteiger partial charge in [0.05, 0.1) is 30.9 Å². The Labute approximate surface area is 142 Å². The van der Waals surface area contributed by atoms with Gasteiger partial charge in [0.15, 0.2) is 11.5 Å². The molecule has 1 heterocycles. The predicted octanol–water partition coefficient (Wildman–Crippen LogP) is 1.35. The molecule has 0 bridgehead atoms. The summed E-state index contributed by atoms with van der Waals surface area (Å²) in [6.45, 7) is 0. The van der Waals surface area contributed by atoms with Gasteiger partial charge in [0.1, 0.15) is 5.75 Å². The molecule has 0 saturated heterocycles. The maximum Gasteiger partial charge on any atom is 0.280 e. The molecule has 0 fully saturated rings. The molecule has 1 aliphatic heterocycles. The van der Waals surface area contributed by atoms with Crippen molar-refractivity contribution >= 4 is 17.7 Å². The number of aromatic hydroxyl groups is 1. The fourth-order valence-corrected chi connectivity index (χ4v) is 2.49. The zero-order valence-electron chi connectivity index (χ0n) is 13.4. The van der Waals surface area contributed by atoms with Crippen LogP contribution in [0.15, 0.2) is 36.4 Å². The number of para-hydroxylation sites is 1. The second-order valence-electron chi connectivity index (χ2n) is 5.16. The fraction of sp³-hybridized carbons (Fsp3) is 0.118. The number of fused-ring (bicyclic) bond motifs is 1. The second-order valence-corrected chi connectivity index (χ2v) is 5.16. The predicted molar refractivity (Wildman–Crippen MR) is 85.6 cm³/mol. The molecule has 0 unspecified atom stereocenters. The highest BCUT2D eigenvalue weighted by Crippen LogP contribution is 2.34. The summed E-state index contributed by atoms with van der Waals surface area (Å²) in [5.74, 6) is -1.88. The minimum atomic E-state index is -0.786. The van der Waals surface area contributed by atoms with Crippen molar-refractivity contribution in [3.8, 4) is 17.2 Å². The Morgan fingerprint density at radius 3 is 2.00 bits per heavy atom. The summed E-state index contributed by atoms with van der Waals surface area (Å²) in [5, 5.41) is 10.3. The molecule has 2 N–H and O–H groups in total. The highest BCUT2D eigenvalue weighted by molar-refractivity contribution is 6.22. The first-order valence-corrected chi connectivity index (χ1v) is 7.21. The van der Waals surface area contributed by atoms with Gasteiger partial charge in [0.2, 0.25) is 0 Å². The maximum atomic E-state index is 12.5. The molecule has 2 aromatic carbocycles. The van der Waals surface area contributed by atoms with Gasteiger partial charge >= 0.3 is 0 Å². The van der Waals surface area contributed by atoms with E-state index in [1.807, 2.05) is 0 Å². The number of hydrogen-bond donors (Lipinski definition) is 2. The van der Waals surface area contributed by atoms with Gasteiger partial charge in [-0.2, -0.15) is 5.01 Å². The second kappa shape index (κ2) is 6.16. The van der Waals surface area contributed by atoms with E-state index in [0.29, 0.717) is 5.01 Å². The highest BCUT2D eigenvalue weighted by Gasteiger charge is 2.38. The van der Waals surface area contributed by atoms with Crippen LogP contribution in [0.5, 0.6) is 17.2 Å². The summed E-state index contributed by atoms with van der Waals surface area (Å²) in [4.78, 5) is 37.2. The monoisotopic (exact) mass is 342 g/mol. The number of ether oxygens (including phenoxy) is 2. The molecular formula is C17H14N2O6. The van der Waals surface area contributed by atoms with E-state index in [2.05, 4.69) is 5.43 Å². The average molecular weight is 342 g/mol. The van der Waals surface area contributed by atoms with Gasteiger partial charge < -0.3 is 14.6 Å². The molecule has 8 nitrogen and oxygen atoms in total. The quantitative estimate of drug-likeness (QED) is 0.813. The number of nitrogens with zero attached hydrogens (tertiary/aromatic N) is 1. The molecule has 25 heavy (non-hydrogen) atoms. The first kappa shape index (κ1) is 16.3. The molecule has 128 valence electrons. The summed E-state index contributed by atoms with van der Waals surface area (Å²) in [5.41, 5.74) is 2.32. The Hall–Kier alpha value is -3.55. The molecule has 0 atom stereocenters. The number of phenols is 1. The first-order chi connectivity index (χ1) is 12.0. The zero-order chi connectivity index (χ0) is 18.1. The smallest absolute Gasteiger partial charge is 0.280 e. The number of imide groups is 1. The number of amides is 3. The van der Waals surface area contributed by atoms with E-state index in [1.54, 1.807) is 12.1 Å². The van der Waals surface area contributed by atoms with E-state index in [0.717, 1.165) is 0 Å². The summed E-state index contributed by atoms with van der Waals surface area (Å²) in [6, 6.07) is 8.54. The standard InChI is InChI=1S/C17H14N2O6/c1-24-13-7-10-11(8-14(13)25-2)17(23)19(16(10)22)18-15(21)9-5-3-4-6-12(9)20/h3-8,20H,1-2H3,(H,18,21). The van der Waals surface area contributed by atoms with Gasteiger partial charge in [-0.05, 0) is 24.3 Å². The van der Waals surface area contributed by atoms with Gasteiger partial charge in [-0.3, -0.25) is 19.8 Å². The molecule has 3 rings (SSSR count). The topological polar surface area (TPSA) is 105 Å². The van der Waals surface area contributed by atoms with E-state index in [-0.39, 0.29) is 33.9 Å². The van der Waals surface area contributed by atoms with E-state index < -0.39 is 17.7 Å². The third-order valence-electron chi connectivity index (χ3n) is 3.75. The number of carbonyl (C=O) groups excluding carboxylic acids is 3. The third-order valence-corrected chi connectivity index (χ3v) is 3.75. The van der Waals surface area contributed by atoms with Crippen LogP contribution < -0.4 is 14.9 Å². The molecule has 8 heteroatoms. The molecule has 0 spiro atoms. The minimum absolute atomic E-state index is 0.0609. The Balaban J connectivity index is 1.92. The van der Waals surface area contributed by atoms with Crippen molar-refractivity contribution in [1.29, 1.82) is 0 Å². The van der Waals surface area contributed by atoms with Crippen molar-refractivity contribution in [3.63, 3.8) is 0 Å². The average Bonchev–Trinajstić information content (AvgIpc) is 2.85. The van der Waals surface area contributed by atoms with Crippen LogP contribution in [0.2, 0.25) is 0 Å². The van der Waals surface area contributed by atoms with Crippen molar-refractivity contribution < 1.29 is 29.0 Å². The SMILES string of the molecule is COc1cc2c(cc1OC)C(=O)N(NC(=O)c1ccccc1O)C2=O. The highest BCUT2D eigenvalue weighted by atomic mass is 16.5. The van der Waals surface area contributed by atoms with Gasteiger partial charge in [-0.15, -0.1) is 0 Å². The van der Waals surface area contributed by atoms with E-state index in [4.69, 9.17) is 9.47 Å². The number of carbonyl (C=O) groups is 3. The van der Waals surface area contributed by atoms with Crippen LogP contribution in [0.25, 0.3) is 0 Å². The van der Waals surface area contributed by atoms with Gasteiger partial charge in [0.25, 0.3) is 17.7 Å². The van der Waals surface area contributed by atoms with Crippen LogP contribution >= 0.6 is 0 Å². The first-order valence-electron chi connectivity index (χ1n) is 7.21. The molecule has 0 aromatic heterocycles. The number of methoxy groups -OCH3 is 2. The Morgan fingerprint density at radius 2 is 1.52 bits per heavy atom. The summed E-state index contributed by atoms with van der Waals surface area (Å²) >= 11 is 0. The number of phenolic OH excluding ortho intramolecular Hbond substituents is 1.